The van der Waals surface area contributed by atoms with E-state index in [0.29, 0.717) is 0 Å². The summed E-state index contributed by atoms with van der Waals surface area (Å²) in [5, 5.41) is 0. The van der Waals surface area contributed by atoms with Crippen LogP contribution in [0.4, 0.5) is 0 Å². The predicted molar refractivity (Wildman–Crippen MR) is 107 cm³/mol. The molecule has 0 N–H and O–H groups in total. The van der Waals surface area contributed by atoms with Gasteiger partial charge in [-0.2, -0.15) is 0 Å². The van der Waals surface area contributed by atoms with Crippen molar-refractivity contribution in [2.24, 2.45) is 0 Å². The molecule has 0 unspecified atom stereocenters. The van der Waals surface area contributed by atoms with Crippen LogP contribution >= 0.6 is 12.4 Å². The van der Waals surface area contributed by atoms with Crippen molar-refractivity contribution < 1.29 is 0 Å². The van der Waals surface area contributed by atoms with E-state index in [2.05, 4.69) is 20.8 Å². The van der Waals surface area contributed by atoms with Gasteiger partial charge in [-0.05, 0) is 0 Å². The first-order valence-corrected chi connectivity index (χ1v) is 11.9. The minimum atomic E-state index is 0. The Labute approximate surface area is 164 Å². The molecule has 0 rings (SSSR count). The van der Waals surface area contributed by atoms with Crippen LogP contribution < -0.4 is 0 Å². The van der Waals surface area contributed by atoms with Crippen LogP contribution in [0.25, 0.3) is 0 Å². The van der Waals surface area contributed by atoms with Crippen LogP contribution in [-0.2, 0) is 0 Å². The summed E-state index contributed by atoms with van der Waals surface area (Å²) in [5.74, 6) is 0. The second kappa shape index (κ2) is 18.5. The molecule has 0 spiro atoms. The third-order valence-corrected chi connectivity index (χ3v) is 7.66. The SMILES string of the molecule is CCCCCCCC[C]([Pb])(CCC)CCCCCCCC.Cl. The Kier molecular flexibility index (Phi) is 21.5. The van der Waals surface area contributed by atoms with Gasteiger partial charge >= 0.3 is 152 Å². The molecule has 0 aliphatic carbocycles. The summed E-state index contributed by atoms with van der Waals surface area (Å²) in [6, 6.07) is 0. The summed E-state index contributed by atoms with van der Waals surface area (Å²) >= 11 is 1.42. The first-order chi connectivity index (χ1) is 10.2. The first kappa shape index (κ1) is 25.5. The zero-order chi connectivity index (χ0) is 15.8. The van der Waals surface area contributed by atoms with Crippen LogP contribution in [0.5, 0.6) is 0 Å². The van der Waals surface area contributed by atoms with Gasteiger partial charge in [-0.15, -0.1) is 12.4 Å². The van der Waals surface area contributed by atoms with Gasteiger partial charge in [-0.1, -0.05) is 0 Å². The monoisotopic (exact) mass is 525 g/mol. The quantitative estimate of drug-likeness (QED) is 0.141. The van der Waals surface area contributed by atoms with Gasteiger partial charge in [-0.25, -0.2) is 0 Å². The summed E-state index contributed by atoms with van der Waals surface area (Å²) in [4.78, 5) is 0. The van der Waals surface area contributed by atoms with E-state index in [0.717, 1.165) is 2.97 Å². The summed E-state index contributed by atoms with van der Waals surface area (Å²) in [5.41, 5.74) is 0. The van der Waals surface area contributed by atoms with Gasteiger partial charge in [0.15, 0.2) is 0 Å². The normalized spacial score (nSPS) is 11.5. The number of unbranched alkanes of at least 4 members (excludes halogenated alkanes) is 10. The third kappa shape index (κ3) is 16.1. The van der Waals surface area contributed by atoms with Gasteiger partial charge in [-0.3, -0.25) is 0 Å². The molecule has 0 fully saturated rings. The minimum absolute atomic E-state index is 0. The molecule has 0 saturated heterocycles. The molecule has 0 aromatic heterocycles. The second-order valence-corrected chi connectivity index (χ2v) is 11.2. The molecule has 3 radical (unpaired) electrons. The van der Waals surface area contributed by atoms with Gasteiger partial charge in [0, 0.05) is 0 Å². The molecule has 0 atom stereocenters. The fourth-order valence-corrected chi connectivity index (χ4v) is 5.69. The summed E-state index contributed by atoms with van der Waals surface area (Å²) in [7, 11) is 0. The van der Waals surface area contributed by atoms with Gasteiger partial charge in [0.25, 0.3) is 0 Å². The predicted octanol–water partition coefficient (Wildman–Crippen LogP) is 8.04. The summed E-state index contributed by atoms with van der Waals surface area (Å²) in [6.07, 6.45) is 23.5. The minimum Gasteiger partial charge on any atom is -0.147 e. The number of hydrogen-bond acceptors (Lipinski definition) is 0. The average Bonchev–Trinajstić information content (AvgIpc) is 2.47. The van der Waals surface area contributed by atoms with Crippen LogP contribution in [-0.4, -0.2) is 25.8 Å². The van der Waals surface area contributed by atoms with Crippen molar-refractivity contribution in [3.8, 4) is 0 Å². The molecular weight excluding hydrogens is 483 g/mol. The van der Waals surface area contributed by atoms with E-state index in [4.69, 9.17) is 0 Å². The first-order valence-electron chi connectivity index (χ1n) is 9.93. The van der Waals surface area contributed by atoms with Crippen molar-refractivity contribution in [1.82, 2.24) is 0 Å². The third-order valence-electron chi connectivity index (χ3n) is 4.75. The molecule has 0 saturated carbocycles. The van der Waals surface area contributed by atoms with E-state index < -0.39 is 0 Å². The topological polar surface area (TPSA) is 0 Å². The van der Waals surface area contributed by atoms with Crippen LogP contribution in [0.1, 0.15) is 124 Å². The fourth-order valence-electron chi connectivity index (χ4n) is 3.34. The van der Waals surface area contributed by atoms with Gasteiger partial charge in [0.05, 0.1) is 0 Å². The Morgan fingerprint density at radius 3 is 1.23 bits per heavy atom. The zero-order valence-electron chi connectivity index (χ0n) is 15.7. The standard InChI is InChI=1S/C20H41.ClH.Pb/c1-4-7-9-11-13-15-18-20(17-6-3)19-16-14-12-10-8-5-2;;/h4-19H2,1-3H3;1H;. The van der Waals surface area contributed by atoms with Crippen LogP contribution in [0.15, 0.2) is 0 Å². The fraction of sp³-hybridized carbons (Fsp3) is 1.00. The molecule has 133 valence electrons. The van der Waals surface area contributed by atoms with E-state index in [1.165, 1.54) is 129 Å². The van der Waals surface area contributed by atoms with Crippen molar-refractivity contribution in [2.45, 2.75) is 126 Å². The second-order valence-electron chi connectivity index (χ2n) is 7.07. The molecule has 0 aromatic rings. The van der Waals surface area contributed by atoms with E-state index in [1.807, 2.05) is 0 Å². The Morgan fingerprint density at radius 1 is 0.500 bits per heavy atom. The van der Waals surface area contributed by atoms with Gasteiger partial charge < -0.3 is 0 Å². The molecule has 0 amide bonds. The Hall–Kier alpha value is 1.21. The summed E-state index contributed by atoms with van der Waals surface area (Å²) < 4.78 is 0.782. The van der Waals surface area contributed by atoms with E-state index in [9.17, 15) is 0 Å². The van der Waals surface area contributed by atoms with Crippen LogP contribution in [0.2, 0.25) is 2.97 Å². The largest absolute Gasteiger partial charge is 0.147 e. The molecule has 0 aliphatic rings. The van der Waals surface area contributed by atoms with Crippen molar-refractivity contribution in [3.05, 3.63) is 0 Å². The van der Waals surface area contributed by atoms with Gasteiger partial charge in [0.1, 0.15) is 0 Å². The number of rotatable bonds is 16. The number of halogens is 1. The molecule has 0 nitrogen and oxygen atoms in total. The van der Waals surface area contributed by atoms with E-state index in [-0.39, 0.29) is 12.4 Å². The zero-order valence-corrected chi connectivity index (χ0v) is 20.4. The maximum absolute atomic E-state index is 2.38. The average molecular weight is 525 g/mol. The summed E-state index contributed by atoms with van der Waals surface area (Å²) in [6.45, 7) is 7.00. The Bertz CT molecular complexity index is 190. The number of hydrogen-bond donors (Lipinski definition) is 0. The van der Waals surface area contributed by atoms with Crippen molar-refractivity contribution in [2.75, 3.05) is 0 Å². The van der Waals surface area contributed by atoms with Crippen LogP contribution in [0.3, 0.4) is 0 Å². The van der Waals surface area contributed by atoms with Gasteiger partial charge in [0.2, 0.25) is 0 Å². The van der Waals surface area contributed by atoms with Crippen LogP contribution in [0, 0.1) is 0 Å². The smallest absolute Gasteiger partial charge is 0.147 e. The molecule has 0 heterocycles. The maximum Gasteiger partial charge on any atom is -0.147 e. The molecular formula is C20H42ClPb. The Balaban J connectivity index is 0. The molecule has 0 aliphatic heterocycles. The molecule has 2 heteroatoms. The molecule has 0 aromatic carbocycles. The Morgan fingerprint density at radius 2 is 0.864 bits per heavy atom. The van der Waals surface area contributed by atoms with E-state index >= 15 is 0 Å². The van der Waals surface area contributed by atoms with Crippen molar-refractivity contribution in [1.29, 1.82) is 0 Å². The van der Waals surface area contributed by atoms with Crippen molar-refractivity contribution in [3.63, 3.8) is 0 Å². The van der Waals surface area contributed by atoms with Crippen molar-refractivity contribution >= 4 is 38.2 Å². The molecule has 0 bridgehead atoms. The molecule has 22 heavy (non-hydrogen) atoms. The maximum atomic E-state index is 2.38. The van der Waals surface area contributed by atoms with E-state index in [1.54, 1.807) is 0 Å².